The lowest BCUT2D eigenvalue weighted by atomic mass is 9.59. The van der Waals surface area contributed by atoms with E-state index in [0.29, 0.717) is 0 Å². The summed E-state index contributed by atoms with van der Waals surface area (Å²) < 4.78 is 0. The number of rotatable bonds is 6. The van der Waals surface area contributed by atoms with Crippen LogP contribution in [0, 0.1) is 26.7 Å². The fourth-order valence-electron chi connectivity index (χ4n) is 7.44. The van der Waals surface area contributed by atoms with Crippen LogP contribution in [0.25, 0.3) is 16.7 Å². The van der Waals surface area contributed by atoms with Crippen LogP contribution in [-0.4, -0.2) is 0 Å². The minimum Gasteiger partial charge on any atom is -0.0913 e. The molecule has 0 fully saturated rings. The van der Waals surface area contributed by atoms with Crippen molar-refractivity contribution in [2.75, 3.05) is 0 Å². The molecule has 1 aliphatic carbocycles. The fourth-order valence-corrected chi connectivity index (χ4v) is 7.44. The highest BCUT2D eigenvalue weighted by molar-refractivity contribution is 5.75. The average Bonchev–Trinajstić information content (AvgIpc) is 3.13. The molecule has 0 bridgehead atoms. The van der Waals surface area contributed by atoms with Crippen LogP contribution in [0.3, 0.4) is 0 Å². The summed E-state index contributed by atoms with van der Waals surface area (Å²) in [6, 6.07) is 43.2. The summed E-state index contributed by atoms with van der Waals surface area (Å²) in [5.41, 5.74) is 15.6. The summed E-state index contributed by atoms with van der Waals surface area (Å²) in [7, 11) is 0. The number of aryl methyl sites for hydroxylation is 2. The Morgan fingerprint density at radius 1 is 0.733 bits per heavy atom. The highest BCUT2D eigenvalue weighted by atomic mass is 14.5. The SMILES string of the molecule is C/C=C\Cc1ccccc1C1(c2ccccc2)c2cc(-c3cc(C)cc(C)c3C)ccc2C/C(c2ccccc2)=C\C=C/C1C. The van der Waals surface area contributed by atoms with Crippen molar-refractivity contribution in [1.29, 1.82) is 0 Å². The zero-order valence-electron chi connectivity index (χ0n) is 27.3. The van der Waals surface area contributed by atoms with E-state index in [-0.39, 0.29) is 5.92 Å². The Hall–Kier alpha value is -4.68. The van der Waals surface area contributed by atoms with E-state index in [2.05, 4.69) is 180 Å². The van der Waals surface area contributed by atoms with Crippen molar-refractivity contribution in [3.8, 4) is 11.1 Å². The maximum absolute atomic E-state index is 2.54. The summed E-state index contributed by atoms with van der Waals surface area (Å²) in [4.78, 5) is 0. The van der Waals surface area contributed by atoms with Crippen LogP contribution in [0.5, 0.6) is 0 Å². The Kier molecular flexibility index (Phi) is 8.85. The molecule has 0 aromatic heterocycles. The third kappa shape index (κ3) is 5.78. The van der Waals surface area contributed by atoms with Gasteiger partial charge < -0.3 is 0 Å². The van der Waals surface area contributed by atoms with E-state index in [0.717, 1.165) is 12.8 Å². The molecule has 0 radical (unpaired) electrons. The largest absolute Gasteiger partial charge is 0.0913 e. The first kappa shape index (κ1) is 30.4. The Balaban J connectivity index is 1.73. The minimum atomic E-state index is -0.409. The molecular weight excluding hydrogens is 540 g/mol. The van der Waals surface area contributed by atoms with E-state index in [4.69, 9.17) is 0 Å². The molecule has 0 nitrogen and oxygen atoms in total. The van der Waals surface area contributed by atoms with E-state index in [1.165, 1.54) is 66.8 Å². The molecule has 2 unspecified atom stereocenters. The van der Waals surface area contributed by atoms with Gasteiger partial charge in [-0.2, -0.15) is 0 Å². The molecule has 0 aliphatic heterocycles. The lowest BCUT2D eigenvalue weighted by molar-refractivity contribution is 0.476. The molecule has 6 rings (SSSR count). The van der Waals surface area contributed by atoms with Crippen molar-refractivity contribution < 1.29 is 0 Å². The number of fused-ring (bicyclic) bond motifs is 1. The van der Waals surface area contributed by atoms with Gasteiger partial charge in [0.15, 0.2) is 0 Å². The number of hydrogen-bond donors (Lipinski definition) is 0. The van der Waals surface area contributed by atoms with Crippen LogP contribution in [0.15, 0.2) is 146 Å². The van der Waals surface area contributed by atoms with Crippen molar-refractivity contribution in [2.24, 2.45) is 5.92 Å². The zero-order chi connectivity index (χ0) is 31.4. The van der Waals surface area contributed by atoms with Crippen molar-refractivity contribution in [2.45, 2.75) is 52.9 Å². The van der Waals surface area contributed by atoms with Gasteiger partial charge in [0.05, 0.1) is 5.41 Å². The monoisotopic (exact) mass is 584 g/mol. The lowest BCUT2D eigenvalue weighted by Crippen LogP contribution is -2.38. The number of hydrogen-bond acceptors (Lipinski definition) is 0. The van der Waals surface area contributed by atoms with E-state index in [9.17, 15) is 0 Å². The van der Waals surface area contributed by atoms with Crippen LogP contribution in [-0.2, 0) is 18.3 Å². The summed E-state index contributed by atoms with van der Waals surface area (Å²) >= 11 is 0. The standard InChI is InChI=1S/C45H44/c1-6-7-18-37-21-14-15-25-43(37)45(41-23-12-9-13-24-41)34(4)17-16-22-38(36-19-10-8-11-20-36)30-40-27-26-39(31-44(40)45)42-29-32(2)28-33(3)35(42)5/h6-17,19-29,31,34H,18,30H2,1-5H3/b7-6-,17-16-,38-22+. The predicted molar refractivity (Wildman–Crippen MR) is 194 cm³/mol. The van der Waals surface area contributed by atoms with E-state index in [1.807, 2.05) is 0 Å². The third-order valence-corrected chi connectivity index (χ3v) is 9.81. The molecule has 5 aromatic carbocycles. The first-order valence-corrected chi connectivity index (χ1v) is 16.3. The molecule has 0 spiro atoms. The number of allylic oxidation sites excluding steroid dienone is 6. The topological polar surface area (TPSA) is 0 Å². The van der Waals surface area contributed by atoms with Crippen LogP contribution in [0.2, 0.25) is 0 Å². The van der Waals surface area contributed by atoms with Gasteiger partial charge in [-0.1, -0.05) is 152 Å². The molecule has 0 amide bonds. The van der Waals surface area contributed by atoms with Gasteiger partial charge in [-0.05, 0) is 114 Å². The van der Waals surface area contributed by atoms with Crippen LogP contribution in [0.4, 0.5) is 0 Å². The van der Waals surface area contributed by atoms with Crippen molar-refractivity contribution in [1.82, 2.24) is 0 Å². The van der Waals surface area contributed by atoms with Crippen molar-refractivity contribution >= 4 is 5.57 Å². The molecule has 0 heteroatoms. The Bertz CT molecular complexity index is 1880. The van der Waals surface area contributed by atoms with Gasteiger partial charge in [-0.15, -0.1) is 0 Å². The molecule has 0 heterocycles. The quantitative estimate of drug-likeness (QED) is 0.174. The molecule has 1 aliphatic rings. The van der Waals surface area contributed by atoms with Gasteiger partial charge in [0.1, 0.15) is 0 Å². The second-order valence-corrected chi connectivity index (χ2v) is 12.6. The van der Waals surface area contributed by atoms with Gasteiger partial charge in [0.25, 0.3) is 0 Å². The molecule has 45 heavy (non-hydrogen) atoms. The molecule has 0 saturated carbocycles. The first-order chi connectivity index (χ1) is 21.9. The average molecular weight is 585 g/mol. The van der Waals surface area contributed by atoms with Crippen LogP contribution in [0.1, 0.15) is 63.9 Å². The highest BCUT2D eigenvalue weighted by Crippen LogP contribution is 2.50. The predicted octanol–water partition coefficient (Wildman–Crippen LogP) is 11.6. The molecule has 5 aromatic rings. The smallest absolute Gasteiger partial charge is 0.0517 e. The Morgan fingerprint density at radius 3 is 2.20 bits per heavy atom. The minimum absolute atomic E-state index is 0.173. The van der Waals surface area contributed by atoms with Crippen molar-refractivity contribution in [3.05, 3.63) is 196 Å². The summed E-state index contributed by atoms with van der Waals surface area (Å²) in [5, 5.41) is 0. The van der Waals surface area contributed by atoms with Crippen LogP contribution >= 0.6 is 0 Å². The van der Waals surface area contributed by atoms with E-state index in [1.54, 1.807) is 0 Å². The summed E-state index contributed by atoms with van der Waals surface area (Å²) in [5.74, 6) is 0.173. The van der Waals surface area contributed by atoms with Gasteiger partial charge in [-0.3, -0.25) is 0 Å². The molecule has 2 atom stereocenters. The zero-order valence-corrected chi connectivity index (χ0v) is 27.3. The molecular formula is C45H44. The van der Waals surface area contributed by atoms with E-state index < -0.39 is 5.41 Å². The van der Waals surface area contributed by atoms with Crippen molar-refractivity contribution in [3.63, 3.8) is 0 Å². The maximum atomic E-state index is 2.54. The second-order valence-electron chi connectivity index (χ2n) is 12.6. The fraction of sp³-hybridized carbons (Fsp3) is 0.200. The van der Waals surface area contributed by atoms with Gasteiger partial charge >= 0.3 is 0 Å². The van der Waals surface area contributed by atoms with E-state index >= 15 is 0 Å². The Labute approximate surface area is 270 Å². The number of benzene rings is 5. The molecule has 0 N–H and O–H groups in total. The lowest BCUT2D eigenvalue weighted by Gasteiger charge is -2.43. The summed E-state index contributed by atoms with van der Waals surface area (Å²) in [6.07, 6.45) is 13.3. The normalized spacial score (nSPS) is 20.0. The Morgan fingerprint density at radius 2 is 1.44 bits per heavy atom. The second kappa shape index (κ2) is 13.1. The summed E-state index contributed by atoms with van der Waals surface area (Å²) in [6.45, 7) is 11.2. The van der Waals surface area contributed by atoms with Gasteiger partial charge in [-0.25, -0.2) is 0 Å². The van der Waals surface area contributed by atoms with Crippen LogP contribution < -0.4 is 0 Å². The maximum Gasteiger partial charge on any atom is 0.0517 e. The van der Waals surface area contributed by atoms with Gasteiger partial charge in [0, 0.05) is 0 Å². The molecule has 0 saturated heterocycles. The third-order valence-electron chi connectivity index (χ3n) is 9.81. The molecule has 224 valence electrons. The van der Waals surface area contributed by atoms with Gasteiger partial charge in [0.2, 0.25) is 0 Å². The highest BCUT2D eigenvalue weighted by Gasteiger charge is 2.43. The first-order valence-electron chi connectivity index (χ1n) is 16.3.